The third-order valence-corrected chi connectivity index (χ3v) is 4.10. The number of halogens is 3. The van der Waals surface area contributed by atoms with Gasteiger partial charge in [0, 0.05) is 6.07 Å². The van der Waals surface area contributed by atoms with E-state index in [1.54, 1.807) is 18.2 Å². The zero-order valence-electron chi connectivity index (χ0n) is 13.3. The predicted octanol–water partition coefficient (Wildman–Crippen LogP) is 2.99. The van der Waals surface area contributed by atoms with Gasteiger partial charge in [-0.15, -0.1) is 10.2 Å². The van der Waals surface area contributed by atoms with Crippen molar-refractivity contribution in [3.63, 3.8) is 0 Å². The zero-order valence-corrected chi connectivity index (χ0v) is 14.1. The first-order chi connectivity index (χ1) is 12.3. The summed E-state index contributed by atoms with van der Waals surface area (Å²) in [6.45, 7) is 1.01. The molecular formula is C14H13F3N4O4S. The summed E-state index contributed by atoms with van der Waals surface area (Å²) in [5.41, 5.74) is 0.308. The van der Waals surface area contributed by atoms with Crippen molar-refractivity contribution in [2.24, 2.45) is 0 Å². The second-order valence-corrected chi connectivity index (χ2v) is 6.11. The van der Waals surface area contributed by atoms with Crippen molar-refractivity contribution in [2.45, 2.75) is 12.3 Å². The molecule has 0 spiro atoms. The number of nitrogens with zero attached hydrogens (tertiary/aromatic N) is 2. The lowest BCUT2D eigenvalue weighted by Crippen LogP contribution is -2.38. The van der Waals surface area contributed by atoms with Crippen LogP contribution in [0.3, 0.4) is 0 Å². The van der Waals surface area contributed by atoms with Gasteiger partial charge in [-0.05, 0) is 12.1 Å². The number of urea groups is 1. The molecule has 1 aromatic heterocycles. The molecule has 1 saturated heterocycles. The van der Waals surface area contributed by atoms with E-state index in [0.717, 1.165) is 0 Å². The normalized spacial score (nSPS) is 14.5. The molecule has 140 valence electrons. The fourth-order valence-electron chi connectivity index (χ4n) is 1.96. The van der Waals surface area contributed by atoms with E-state index < -0.39 is 17.2 Å². The number of nitrogens with one attached hydrogen (secondary N) is 2. The number of hydrogen-bond acceptors (Lipinski definition) is 7. The first-order valence-electron chi connectivity index (χ1n) is 7.26. The molecule has 0 atom stereocenters. The molecule has 2 aromatic rings. The minimum Gasteiger partial charge on any atom is -0.494 e. The van der Waals surface area contributed by atoms with Crippen LogP contribution in [0.25, 0.3) is 0 Å². The van der Waals surface area contributed by atoms with E-state index in [4.69, 9.17) is 14.2 Å². The number of methoxy groups -OCH3 is 1. The van der Waals surface area contributed by atoms with Gasteiger partial charge in [-0.1, -0.05) is 11.3 Å². The van der Waals surface area contributed by atoms with E-state index in [0.29, 0.717) is 30.4 Å². The molecule has 1 aliphatic rings. The second-order valence-electron chi connectivity index (χ2n) is 5.13. The molecule has 8 nitrogen and oxygen atoms in total. The molecule has 0 radical (unpaired) electrons. The first-order valence-corrected chi connectivity index (χ1v) is 8.08. The number of alkyl halides is 3. The van der Waals surface area contributed by atoms with Crippen LogP contribution in [0.5, 0.6) is 11.5 Å². The number of aromatic nitrogens is 2. The van der Waals surface area contributed by atoms with Crippen molar-refractivity contribution in [1.29, 1.82) is 0 Å². The number of rotatable bonds is 5. The number of amides is 2. The fourth-order valence-corrected chi connectivity index (χ4v) is 2.57. The van der Waals surface area contributed by atoms with Gasteiger partial charge in [0.2, 0.25) is 10.1 Å². The third-order valence-electron chi connectivity index (χ3n) is 3.22. The van der Waals surface area contributed by atoms with Crippen molar-refractivity contribution >= 4 is 28.2 Å². The SMILES string of the molecule is COc1cc(OC2COC2)ccc1NC(=O)Nc1nnc(C(F)(F)F)s1. The monoisotopic (exact) mass is 390 g/mol. The minimum absolute atomic E-state index is 0.0259. The Morgan fingerprint density at radius 1 is 1.31 bits per heavy atom. The molecule has 2 N–H and O–H groups in total. The lowest BCUT2D eigenvalue weighted by atomic mass is 10.2. The summed E-state index contributed by atoms with van der Waals surface area (Å²) < 4.78 is 53.3. The molecule has 12 heteroatoms. The van der Waals surface area contributed by atoms with E-state index in [2.05, 4.69) is 20.8 Å². The van der Waals surface area contributed by atoms with Crippen molar-refractivity contribution in [2.75, 3.05) is 31.0 Å². The van der Waals surface area contributed by atoms with Crippen LogP contribution < -0.4 is 20.1 Å². The van der Waals surface area contributed by atoms with E-state index in [9.17, 15) is 18.0 Å². The molecule has 26 heavy (non-hydrogen) atoms. The Kier molecular flexibility index (Phi) is 5.13. The van der Waals surface area contributed by atoms with Gasteiger partial charge >= 0.3 is 12.2 Å². The highest BCUT2D eigenvalue weighted by molar-refractivity contribution is 7.15. The Balaban J connectivity index is 1.63. The van der Waals surface area contributed by atoms with Gasteiger partial charge in [-0.3, -0.25) is 5.32 Å². The summed E-state index contributed by atoms with van der Waals surface area (Å²) in [6.07, 6.45) is -4.64. The lowest BCUT2D eigenvalue weighted by molar-refractivity contribution is -0.138. The average Bonchev–Trinajstić information content (AvgIpc) is 3.00. The van der Waals surface area contributed by atoms with E-state index in [1.165, 1.54) is 7.11 Å². The summed E-state index contributed by atoms with van der Waals surface area (Å²) in [5.74, 6) is 0.867. The molecule has 2 amide bonds. The van der Waals surface area contributed by atoms with Crippen LogP contribution in [0.2, 0.25) is 0 Å². The highest BCUT2D eigenvalue weighted by Gasteiger charge is 2.35. The number of benzene rings is 1. The maximum absolute atomic E-state index is 12.5. The van der Waals surface area contributed by atoms with Crippen LogP contribution in [-0.4, -0.2) is 42.7 Å². The zero-order chi connectivity index (χ0) is 18.7. The van der Waals surface area contributed by atoms with Crippen LogP contribution in [0.1, 0.15) is 5.01 Å². The summed E-state index contributed by atoms with van der Waals surface area (Å²) in [5, 5.41) is 9.50. The van der Waals surface area contributed by atoms with Gasteiger partial charge in [-0.25, -0.2) is 4.79 Å². The highest BCUT2D eigenvalue weighted by Crippen LogP contribution is 2.33. The smallest absolute Gasteiger partial charge is 0.445 e. The van der Waals surface area contributed by atoms with Crippen molar-refractivity contribution in [3.8, 4) is 11.5 Å². The van der Waals surface area contributed by atoms with E-state index in [-0.39, 0.29) is 22.6 Å². The van der Waals surface area contributed by atoms with E-state index in [1.807, 2.05) is 0 Å². The molecule has 0 aliphatic carbocycles. The van der Waals surface area contributed by atoms with Crippen LogP contribution in [0.15, 0.2) is 18.2 Å². The molecule has 1 fully saturated rings. The van der Waals surface area contributed by atoms with Crippen LogP contribution in [0.4, 0.5) is 28.8 Å². The molecule has 0 unspecified atom stereocenters. The molecule has 1 aromatic carbocycles. The lowest BCUT2D eigenvalue weighted by Gasteiger charge is -2.27. The van der Waals surface area contributed by atoms with Gasteiger partial charge in [0.05, 0.1) is 26.0 Å². The Morgan fingerprint density at radius 2 is 2.08 bits per heavy atom. The summed E-state index contributed by atoms with van der Waals surface area (Å²) in [6, 6.07) is 3.98. The maximum atomic E-state index is 12.5. The molecule has 3 rings (SSSR count). The van der Waals surface area contributed by atoms with Gasteiger partial charge in [0.15, 0.2) is 0 Å². The van der Waals surface area contributed by atoms with Crippen LogP contribution >= 0.6 is 11.3 Å². The topological polar surface area (TPSA) is 94.6 Å². The highest BCUT2D eigenvalue weighted by atomic mass is 32.1. The van der Waals surface area contributed by atoms with Crippen molar-refractivity contribution < 1.29 is 32.2 Å². The second kappa shape index (κ2) is 7.33. The Bertz CT molecular complexity index is 795. The minimum atomic E-state index is -4.61. The van der Waals surface area contributed by atoms with Gasteiger partial charge in [0.25, 0.3) is 0 Å². The van der Waals surface area contributed by atoms with Crippen molar-refractivity contribution in [3.05, 3.63) is 23.2 Å². The molecule has 0 saturated carbocycles. The summed E-state index contributed by atoms with van der Waals surface area (Å²) >= 11 is 0.225. The maximum Gasteiger partial charge on any atom is 0.445 e. The van der Waals surface area contributed by atoms with Gasteiger partial charge < -0.3 is 19.5 Å². The van der Waals surface area contributed by atoms with Crippen LogP contribution in [0, 0.1) is 0 Å². The average molecular weight is 390 g/mol. The molecule has 1 aliphatic heterocycles. The number of carbonyl (C=O) groups is 1. The third kappa shape index (κ3) is 4.32. The Morgan fingerprint density at radius 3 is 2.65 bits per heavy atom. The number of carbonyl (C=O) groups excluding carboxylic acids is 1. The van der Waals surface area contributed by atoms with Gasteiger partial charge in [-0.2, -0.15) is 13.2 Å². The van der Waals surface area contributed by atoms with E-state index >= 15 is 0 Å². The molecular weight excluding hydrogens is 377 g/mol. The standard InChI is InChI=1S/C14H13F3N4O4S/c1-23-10-4-7(25-8-5-24-6-8)2-3-9(10)18-12(22)19-13-21-20-11(26-13)14(15,16)17/h2-4,8H,5-6H2,1H3,(H2,18,19,21,22). The summed E-state index contributed by atoms with van der Waals surface area (Å²) in [4.78, 5) is 12.0. The van der Waals surface area contributed by atoms with Crippen LogP contribution in [-0.2, 0) is 10.9 Å². The predicted molar refractivity (Wildman–Crippen MR) is 85.8 cm³/mol. The Hall–Kier alpha value is -2.60. The number of ether oxygens (including phenoxy) is 3. The Labute approximate surface area is 149 Å². The number of anilines is 2. The van der Waals surface area contributed by atoms with Crippen molar-refractivity contribution in [1.82, 2.24) is 10.2 Å². The number of hydrogen-bond donors (Lipinski definition) is 2. The molecule has 0 bridgehead atoms. The largest absolute Gasteiger partial charge is 0.494 e. The fraction of sp³-hybridized carbons (Fsp3) is 0.357. The molecule has 2 heterocycles. The van der Waals surface area contributed by atoms with Gasteiger partial charge in [0.1, 0.15) is 17.6 Å². The quantitative estimate of drug-likeness (QED) is 0.815. The first kappa shape index (κ1) is 18.2. The summed E-state index contributed by atoms with van der Waals surface area (Å²) in [7, 11) is 1.41.